The van der Waals surface area contributed by atoms with Crippen LogP contribution in [0.15, 0.2) is 227 Å². The van der Waals surface area contributed by atoms with E-state index in [4.69, 9.17) is 8.83 Å². The molecule has 0 saturated heterocycles. The van der Waals surface area contributed by atoms with E-state index in [0.29, 0.717) is 0 Å². The number of furan rings is 2. The molecule has 0 fully saturated rings. The number of para-hydroxylation sites is 4. The van der Waals surface area contributed by atoms with E-state index in [0.717, 1.165) is 55.0 Å². The number of hydrogen-bond acceptors (Lipinski definition) is 2. The number of hydrogen-bond donors (Lipinski definition) is 0. The molecule has 12 aromatic carbocycles. The third-order valence-electron chi connectivity index (χ3n) is 14.3. The third kappa shape index (κ3) is 5.27. The summed E-state index contributed by atoms with van der Waals surface area (Å²) in [6.45, 7) is 0. The summed E-state index contributed by atoms with van der Waals surface area (Å²) in [6, 6.07) is 80.1. The average molecular weight is 916 g/mol. The molecule has 3 aromatic heterocycles. The maximum atomic E-state index is 6.69. The van der Waals surface area contributed by atoms with Gasteiger partial charge in [0.05, 0.1) is 0 Å². The fourth-order valence-electron chi connectivity index (χ4n) is 11.5. The van der Waals surface area contributed by atoms with E-state index in [1.54, 1.807) is 0 Å². The number of benzene rings is 12. The molecule has 0 aliphatic carbocycles. The van der Waals surface area contributed by atoms with Crippen molar-refractivity contribution in [2.24, 2.45) is 0 Å². The van der Waals surface area contributed by atoms with Crippen LogP contribution in [0.3, 0.4) is 0 Å². The molecule has 15 aromatic rings. The molecule has 0 bridgehead atoms. The Balaban J connectivity index is 0.957. The molecule has 2 nitrogen and oxygen atoms in total. The van der Waals surface area contributed by atoms with Crippen LogP contribution in [0.5, 0.6) is 0 Å². The topological polar surface area (TPSA) is 26.3 Å². The Morgan fingerprint density at radius 1 is 0.254 bits per heavy atom. The first-order chi connectivity index (χ1) is 33.3. The molecule has 0 atom stereocenters. The molecule has 0 saturated carbocycles. The van der Waals surface area contributed by atoms with Crippen LogP contribution in [0.1, 0.15) is 0 Å². The van der Waals surface area contributed by atoms with Gasteiger partial charge < -0.3 is 0 Å². The predicted octanol–water partition coefficient (Wildman–Crippen LogP) is 18.1. The van der Waals surface area contributed by atoms with Gasteiger partial charge in [-0.3, -0.25) is 0 Å². The van der Waals surface area contributed by atoms with Crippen molar-refractivity contribution in [2.45, 2.75) is 0 Å². The SMILES string of the molecule is c1ccc2c(c1)oc1c(-c3c4ccccc4c(-c4ccc5c(c4)[se]c4cccc(-c6c7ccccc7c(-c7cccc8c7oc7ccccc78)c7ccccc67)c45)c4ccccc34)cccc12. The molecule has 0 radical (unpaired) electrons. The van der Waals surface area contributed by atoms with Gasteiger partial charge in [0.1, 0.15) is 0 Å². The first-order valence-electron chi connectivity index (χ1n) is 22.9. The first-order valence-corrected chi connectivity index (χ1v) is 24.6. The fourth-order valence-corrected chi connectivity index (χ4v) is 14.0. The molecule has 15 rings (SSSR count). The quantitative estimate of drug-likeness (QED) is 0.130. The van der Waals surface area contributed by atoms with Crippen LogP contribution in [0, 0.1) is 0 Å². The van der Waals surface area contributed by atoms with Crippen LogP contribution < -0.4 is 0 Å². The zero-order valence-electron chi connectivity index (χ0n) is 36.0. The van der Waals surface area contributed by atoms with Crippen LogP contribution in [-0.4, -0.2) is 14.5 Å². The molecule has 0 unspecified atom stereocenters. The van der Waals surface area contributed by atoms with Gasteiger partial charge in [-0.1, -0.05) is 24.3 Å². The van der Waals surface area contributed by atoms with E-state index in [1.807, 2.05) is 6.07 Å². The predicted molar refractivity (Wildman–Crippen MR) is 285 cm³/mol. The third-order valence-corrected chi connectivity index (χ3v) is 16.6. The van der Waals surface area contributed by atoms with Crippen molar-refractivity contribution in [3.05, 3.63) is 218 Å². The van der Waals surface area contributed by atoms with E-state index >= 15 is 0 Å². The van der Waals surface area contributed by atoms with Crippen molar-refractivity contribution in [1.82, 2.24) is 0 Å². The van der Waals surface area contributed by atoms with Gasteiger partial charge in [0.25, 0.3) is 0 Å². The molecule has 0 N–H and O–H groups in total. The van der Waals surface area contributed by atoms with Crippen LogP contribution in [0.25, 0.3) is 151 Å². The molecule has 3 heterocycles. The summed E-state index contributed by atoms with van der Waals surface area (Å²) < 4.78 is 16.2. The van der Waals surface area contributed by atoms with Gasteiger partial charge in [0, 0.05) is 0 Å². The fraction of sp³-hybridized carbons (Fsp3) is 0. The molecular weight excluding hydrogens is 880 g/mol. The Hall–Kier alpha value is -8.20. The second kappa shape index (κ2) is 14.1. The van der Waals surface area contributed by atoms with Crippen LogP contribution >= 0.6 is 0 Å². The van der Waals surface area contributed by atoms with Crippen molar-refractivity contribution in [3.63, 3.8) is 0 Å². The maximum absolute atomic E-state index is 6.69. The van der Waals surface area contributed by atoms with Crippen LogP contribution in [0.2, 0.25) is 0 Å². The van der Waals surface area contributed by atoms with Crippen molar-refractivity contribution in [1.29, 1.82) is 0 Å². The van der Waals surface area contributed by atoms with Crippen molar-refractivity contribution >= 4 is 121 Å². The first kappa shape index (κ1) is 37.1. The van der Waals surface area contributed by atoms with Crippen LogP contribution in [-0.2, 0) is 0 Å². The Bertz CT molecular complexity index is 4470. The van der Waals surface area contributed by atoms with Crippen molar-refractivity contribution in [2.75, 3.05) is 0 Å². The zero-order chi connectivity index (χ0) is 43.7. The van der Waals surface area contributed by atoms with E-state index in [1.165, 1.54) is 95.8 Å². The summed E-state index contributed by atoms with van der Waals surface area (Å²) >= 11 is 0.113. The molecule has 0 amide bonds. The summed E-state index contributed by atoms with van der Waals surface area (Å²) in [5, 5.41) is 17.1. The second-order valence-corrected chi connectivity index (χ2v) is 20.0. The molecule has 0 spiro atoms. The Kier molecular flexibility index (Phi) is 7.83. The van der Waals surface area contributed by atoms with Gasteiger partial charge in [-0.05, 0) is 0 Å². The standard InChI is InChI=1S/C64H36O2Se/c1-3-20-42-40(18-1)58(41-19-2-4-21-43(41)60(42)52-29-13-26-48-38-16-9-11-31-54(38)65-63(48)52)37-34-35-50-57(36-37)67-56-33-15-28-51(62(50)56)59-44-22-5-7-24-46(44)61(47-25-8-6-23-45(47)59)53-30-14-27-49-39-17-10-12-32-55(39)66-64(49)53/h1-36H. The minimum absolute atomic E-state index is 0.113. The van der Waals surface area contributed by atoms with Gasteiger partial charge in [-0.15, -0.1) is 0 Å². The summed E-state index contributed by atoms with van der Waals surface area (Å²) in [6.07, 6.45) is 0. The van der Waals surface area contributed by atoms with E-state index in [9.17, 15) is 0 Å². The van der Waals surface area contributed by atoms with Gasteiger partial charge in [0.15, 0.2) is 0 Å². The molecule has 67 heavy (non-hydrogen) atoms. The van der Waals surface area contributed by atoms with E-state index < -0.39 is 0 Å². The van der Waals surface area contributed by atoms with Gasteiger partial charge in [0.2, 0.25) is 0 Å². The number of rotatable bonds is 4. The normalized spacial score (nSPS) is 12.2. The molecule has 3 heteroatoms. The van der Waals surface area contributed by atoms with Crippen molar-refractivity contribution in [3.8, 4) is 44.5 Å². The number of fused-ring (bicyclic) bond motifs is 13. The summed E-state index contributed by atoms with van der Waals surface area (Å²) in [5.41, 5.74) is 13.4. The molecule has 310 valence electrons. The molecular formula is C64H36O2Se. The summed E-state index contributed by atoms with van der Waals surface area (Å²) in [7, 11) is 0. The molecule has 0 aliphatic rings. The van der Waals surface area contributed by atoms with Crippen molar-refractivity contribution < 1.29 is 8.83 Å². The average Bonchev–Trinajstić information content (AvgIpc) is 4.09. The summed E-state index contributed by atoms with van der Waals surface area (Å²) in [5.74, 6) is 0. The molecule has 0 aliphatic heterocycles. The Morgan fingerprint density at radius 3 is 1.10 bits per heavy atom. The van der Waals surface area contributed by atoms with Gasteiger partial charge in [-0.2, -0.15) is 0 Å². The minimum atomic E-state index is 0.113. The zero-order valence-corrected chi connectivity index (χ0v) is 37.7. The van der Waals surface area contributed by atoms with Gasteiger partial charge in [-0.25, -0.2) is 0 Å². The Labute approximate surface area is 390 Å². The van der Waals surface area contributed by atoms with E-state index in [-0.39, 0.29) is 14.5 Å². The Morgan fingerprint density at radius 2 is 0.627 bits per heavy atom. The second-order valence-electron chi connectivity index (χ2n) is 17.7. The monoisotopic (exact) mass is 916 g/mol. The summed E-state index contributed by atoms with van der Waals surface area (Å²) in [4.78, 5) is 0. The van der Waals surface area contributed by atoms with E-state index in [2.05, 4.69) is 212 Å². The van der Waals surface area contributed by atoms with Gasteiger partial charge >= 0.3 is 368 Å². The van der Waals surface area contributed by atoms with Crippen LogP contribution in [0.4, 0.5) is 0 Å².